The molecule has 182 valence electrons. The predicted octanol–water partition coefficient (Wildman–Crippen LogP) is 4.40. The molecule has 37 heavy (non-hydrogen) atoms. The molecule has 0 aliphatic rings. The number of carbonyl (C=O) groups is 1. The Balaban J connectivity index is 1.37. The summed E-state index contributed by atoms with van der Waals surface area (Å²) in [5, 5.41) is 7.75. The van der Waals surface area contributed by atoms with E-state index in [1.807, 2.05) is 85.8 Å². The van der Waals surface area contributed by atoms with Crippen LogP contribution in [0.5, 0.6) is 0 Å². The number of aryl methyl sites for hydroxylation is 1. The number of amides is 1. The minimum absolute atomic E-state index is 0.0440. The number of aromatic nitrogens is 5. The third kappa shape index (κ3) is 4.27. The molecule has 0 fully saturated rings. The number of nitrogens with one attached hydrogen (secondary N) is 1. The molecule has 9 heteroatoms. The van der Waals surface area contributed by atoms with Crippen LogP contribution in [-0.2, 0) is 17.9 Å². The van der Waals surface area contributed by atoms with Gasteiger partial charge in [-0.3, -0.25) is 14.2 Å². The molecule has 0 saturated heterocycles. The lowest BCUT2D eigenvalue weighted by atomic mass is 10.2. The van der Waals surface area contributed by atoms with Gasteiger partial charge in [-0.2, -0.15) is 4.98 Å². The van der Waals surface area contributed by atoms with Crippen LogP contribution in [0.3, 0.4) is 0 Å². The SMILES string of the molecule is Cc1cccc(NC(=O)Cn2c3ccccc3c3ncn(Cc4nc(-c5ccccc5)no4)c(=O)c32)c1. The lowest BCUT2D eigenvalue weighted by molar-refractivity contribution is -0.116. The van der Waals surface area contributed by atoms with Crippen LogP contribution in [0.4, 0.5) is 5.69 Å². The standard InChI is InChI=1S/C28H22N6O3/c1-18-8-7-11-20(14-18)30-23(35)15-34-22-13-6-5-12-21(22)25-26(34)28(36)33(17-29-25)16-24-31-27(32-37-24)19-9-3-2-4-10-19/h2-14,17H,15-16H2,1H3,(H,30,35). The zero-order valence-corrected chi connectivity index (χ0v) is 20.0. The first-order chi connectivity index (χ1) is 18.1. The number of hydrogen-bond acceptors (Lipinski definition) is 6. The molecule has 0 spiro atoms. The van der Waals surface area contributed by atoms with Gasteiger partial charge in [0, 0.05) is 16.6 Å². The molecule has 0 atom stereocenters. The van der Waals surface area contributed by atoms with Crippen molar-refractivity contribution in [2.24, 2.45) is 0 Å². The van der Waals surface area contributed by atoms with E-state index in [9.17, 15) is 9.59 Å². The molecule has 6 aromatic rings. The Labute approximate surface area is 211 Å². The van der Waals surface area contributed by atoms with Gasteiger partial charge in [-0.05, 0) is 30.7 Å². The molecule has 3 aromatic carbocycles. The molecule has 1 amide bonds. The van der Waals surface area contributed by atoms with Gasteiger partial charge in [0.15, 0.2) is 0 Å². The molecule has 0 unspecified atom stereocenters. The molecule has 3 aromatic heterocycles. The zero-order chi connectivity index (χ0) is 25.4. The van der Waals surface area contributed by atoms with E-state index in [0.29, 0.717) is 22.5 Å². The number of benzene rings is 3. The van der Waals surface area contributed by atoms with Gasteiger partial charge in [0.2, 0.25) is 17.6 Å². The third-order valence-electron chi connectivity index (χ3n) is 6.14. The molecule has 0 bridgehead atoms. The average Bonchev–Trinajstić information content (AvgIpc) is 3.50. The highest BCUT2D eigenvalue weighted by Crippen LogP contribution is 2.25. The van der Waals surface area contributed by atoms with E-state index >= 15 is 0 Å². The lowest BCUT2D eigenvalue weighted by Crippen LogP contribution is -2.25. The minimum Gasteiger partial charge on any atom is -0.337 e. The fourth-order valence-electron chi connectivity index (χ4n) is 4.46. The van der Waals surface area contributed by atoms with Crippen LogP contribution in [0.2, 0.25) is 0 Å². The first kappa shape index (κ1) is 22.4. The van der Waals surface area contributed by atoms with Gasteiger partial charge >= 0.3 is 0 Å². The summed E-state index contributed by atoms with van der Waals surface area (Å²) >= 11 is 0. The second-order valence-electron chi connectivity index (χ2n) is 8.77. The molecule has 0 radical (unpaired) electrons. The number of rotatable bonds is 6. The van der Waals surface area contributed by atoms with Gasteiger partial charge < -0.3 is 14.4 Å². The van der Waals surface area contributed by atoms with Crippen molar-refractivity contribution in [2.45, 2.75) is 20.0 Å². The Morgan fingerprint density at radius 3 is 2.65 bits per heavy atom. The van der Waals surface area contributed by atoms with Gasteiger partial charge in [0.05, 0.1) is 11.8 Å². The third-order valence-corrected chi connectivity index (χ3v) is 6.14. The van der Waals surface area contributed by atoms with Crippen molar-refractivity contribution in [1.82, 2.24) is 24.3 Å². The quantitative estimate of drug-likeness (QED) is 0.371. The summed E-state index contributed by atoms with van der Waals surface area (Å²) in [5.41, 5.74) is 3.89. The maximum absolute atomic E-state index is 13.7. The largest absolute Gasteiger partial charge is 0.337 e. The van der Waals surface area contributed by atoms with Gasteiger partial charge in [-0.25, -0.2) is 4.98 Å². The highest BCUT2D eigenvalue weighted by atomic mass is 16.5. The summed E-state index contributed by atoms with van der Waals surface area (Å²) in [4.78, 5) is 35.7. The minimum atomic E-state index is -0.302. The van der Waals surface area contributed by atoms with Crippen LogP contribution in [0.15, 0.2) is 94.5 Å². The molecule has 6 rings (SSSR count). The molecule has 1 N–H and O–H groups in total. The summed E-state index contributed by atoms with van der Waals surface area (Å²) in [7, 11) is 0. The van der Waals surface area contributed by atoms with E-state index in [1.54, 1.807) is 4.57 Å². The number of carbonyl (C=O) groups excluding carboxylic acids is 1. The first-order valence-corrected chi connectivity index (χ1v) is 11.8. The molecule has 3 heterocycles. The summed E-state index contributed by atoms with van der Waals surface area (Å²) < 4.78 is 8.53. The number of fused-ring (bicyclic) bond motifs is 3. The Bertz CT molecular complexity index is 1820. The van der Waals surface area contributed by atoms with Crippen LogP contribution < -0.4 is 10.9 Å². The van der Waals surface area contributed by atoms with Crippen molar-refractivity contribution < 1.29 is 9.32 Å². The number of para-hydroxylation sites is 1. The highest BCUT2D eigenvalue weighted by molar-refractivity contribution is 6.06. The fourth-order valence-corrected chi connectivity index (χ4v) is 4.46. The van der Waals surface area contributed by atoms with Crippen LogP contribution in [-0.4, -0.2) is 30.2 Å². The highest BCUT2D eigenvalue weighted by Gasteiger charge is 2.19. The monoisotopic (exact) mass is 490 g/mol. The van der Waals surface area contributed by atoms with Crippen LogP contribution in [0, 0.1) is 6.92 Å². The fraction of sp³-hybridized carbons (Fsp3) is 0.107. The molecule has 0 aliphatic carbocycles. The molecular formula is C28H22N6O3. The van der Waals surface area contributed by atoms with Gasteiger partial charge in [0.1, 0.15) is 24.1 Å². The van der Waals surface area contributed by atoms with E-state index in [1.165, 1.54) is 10.9 Å². The van der Waals surface area contributed by atoms with E-state index in [0.717, 1.165) is 22.0 Å². The average molecular weight is 491 g/mol. The predicted molar refractivity (Wildman–Crippen MR) is 140 cm³/mol. The van der Waals surface area contributed by atoms with Crippen LogP contribution >= 0.6 is 0 Å². The smallest absolute Gasteiger partial charge is 0.278 e. The van der Waals surface area contributed by atoms with Gasteiger partial charge in [-0.15, -0.1) is 0 Å². The number of anilines is 1. The van der Waals surface area contributed by atoms with Crippen molar-refractivity contribution in [3.05, 3.63) is 107 Å². The molecule has 0 saturated carbocycles. The lowest BCUT2D eigenvalue weighted by Gasteiger charge is -2.09. The Hall–Kier alpha value is -5.05. The van der Waals surface area contributed by atoms with E-state index in [2.05, 4.69) is 20.4 Å². The Kier molecular flexibility index (Phi) is 5.57. The van der Waals surface area contributed by atoms with Crippen molar-refractivity contribution in [3.8, 4) is 11.4 Å². The Morgan fingerprint density at radius 1 is 1.00 bits per heavy atom. The summed E-state index contributed by atoms with van der Waals surface area (Å²) in [5.74, 6) is 0.481. The maximum Gasteiger partial charge on any atom is 0.278 e. The molecular weight excluding hydrogens is 468 g/mol. The number of nitrogens with zero attached hydrogens (tertiary/aromatic N) is 5. The summed E-state index contributed by atoms with van der Waals surface area (Å²) in [6.45, 7) is 1.97. The normalized spacial score (nSPS) is 11.3. The van der Waals surface area contributed by atoms with E-state index in [4.69, 9.17) is 4.52 Å². The number of hydrogen-bond donors (Lipinski definition) is 1. The maximum atomic E-state index is 13.7. The topological polar surface area (TPSA) is 108 Å². The summed E-state index contributed by atoms with van der Waals surface area (Å²) in [6.07, 6.45) is 1.47. The second-order valence-corrected chi connectivity index (χ2v) is 8.77. The van der Waals surface area contributed by atoms with Crippen molar-refractivity contribution >= 4 is 33.5 Å². The van der Waals surface area contributed by atoms with Gasteiger partial charge in [0.25, 0.3) is 5.56 Å². The van der Waals surface area contributed by atoms with E-state index < -0.39 is 0 Å². The molecule has 9 nitrogen and oxygen atoms in total. The first-order valence-electron chi connectivity index (χ1n) is 11.8. The molecule has 0 aliphatic heterocycles. The second kappa shape index (κ2) is 9.19. The van der Waals surface area contributed by atoms with Crippen LogP contribution in [0.25, 0.3) is 33.3 Å². The summed E-state index contributed by atoms with van der Waals surface area (Å²) in [6, 6.07) is 24.6. The van der Waals surface area contributed by atoms with Crippen LogP contribution in [0.1, 0.15) is 11.5 Å². The van der Waals surface area contributed by atoms with Gasteiger partial charge in [-0.1, -0.05) is 65.8 Å². The van der Waals surface area contributed by atoms with Crippen molar-refractivity contribution in [3.63, 3.8) is 0 Å². The van der Waals surface area contributed by atoms with E-state index in [-0.39, 0.29) is 30.4 Å². The Morgan fingerprint density at radius 2 is 1.81 bits per heavy atom. The van der Waals surface area contributed by atoms with Crippen molar-refractivity contribution in [1.29, 1.82) is 0 Å². The van der Waals surface area contributed by atoms with Crippen molar-refractivity contribution in [2.75, 3.05) is 5.32 Å². The zero-order valence-electron chi connectivity index (χ0n) is 20.0.